The van der Waals surface area contributed by atoms with Crippen LogP contribution in [-0.2, 0) is 11.3 Å². The molecule has 2 aromatic rings. The average Bonchev–Trinajstić information content (AvgIpc) is 3.15. The Balaban J connectivity index is 1.41. The zero-order chi connectivity index (χ0) is 16.6. The monoisotopic (exact) mass is 330 g/mol. The van der Waals surface area contributed by atoms with Crippen LogP contribution in [0.3, 0.4) is 0 Å². The molecule has 1 aliphatic rings. The van der Waals surface area contributed by atoms with E-state index >= 15 is 0 Å². The summed E-state index contributed by atoms with van der Waals surface area (Å²) in [5.41, 5.74) is 0.556. The van der Waals surface area contributed by atoms with Gasteiger partial charge in [0.05, 0.1) is 31.6 Å². The molecular weight excluding hydrogens is 308 g/mol. The summed E-state index contributed by atoms with van der Waals surface area (Å²) in [7, 11) is 0. The Morgan fingerprint density at radius 2 is 2.12 bits per heavy atom. The first-order valence-electron chi connectivity index (χ1n) is 8.12. The Hall–Kier alpha value is -2.38. The van der Waals surface area contributed by atoms with E-state index in [1.165, 1.54) is 0 Å². The number of hydrogen-bond donors (Lipinski definition) is 2. The molecule has 0 atom stereocenters. The highest BCUT2D eigenvalue weighted by Crippen LogP contribution is 2.08. The predicted molar refractivity (Wildman–Crippen MR) is 89.9 cm³/mol. The van der Waals surface area contributed by atoms with E-state index in [0.29, 0.717) is 24.5 Å². The summed E-state index contributed by atoms with van der Waals surface area (Å²) < 4.78 is 10.5. The van der Waals surface area contributed by atoms with E-state index in [4.69, 9.17) is 9.15 Å². The van der Waals surface area contributed by atoms with Crippen LogP contribution in [0.25, 0.3) is 0 Å². The van der Waals surface area contributed by atoms with E-state index in [1.54, 1.807) is 24.6 Å². The van der Waals surface area contributed by atoms with Crippen molar-refractivity contribution in [2.75, 3.05) is 44.7 Å². The molecular formula is C17H22N4O3. The van der Waals surface area contributed by atoms with E-state index in [9.17, 15) is 4.79 Å². The van der Waals surface area contributed by atoms with Crippen molar-refractivity contribution in [1.82, 2.24) is 15.2 Å². The molecule has 3 rings (SSSR count). The number of aromatic nitrogens is 1. The summed E-state index contributed by atoms with van der Waals surface area (Å²) in [5.74, 6) is 1.44. The van der Waals surface area contributed by atoms with Crippen LogP contribution >= 0.6 is 0 Å². The molecule has 1 aliphatic heterocycles. The van der Waals surface area contributed by atoms with Crippen LogP contribution in [0.5, 0.6) is 0 Å². The molecule has 7 nitrogen and oxygen atoms in total. The van der Waals surface area contributed by atoms with Gasteiger partial charge in [0.1, 0.15) is 11.6 Å². The molecule has 2 aromatic heterocycles. The van der Waals surface area contributed by atoms with E-state index < -0.39 is 0 Å². The van der Waals surface area contributed by atoms with Crippen molar-refractivity contribution in [3.05, 3.63) is 48.0 Å². The maximum atomic E-state index is 12.1. The highest BCUT2D eigenvalue weighted by molar-refractivity contribution is 5.94. The van der Waals surface area contributed by atoms with Crippen LogP contribution in [0.1, 0.15) is 16.1 Å². The zero-order valence-corrected chi connectivity index (χ0v) is 13.5. The van der Waals surface area contributed by atoms with E-state index in [2.05, 4.69) is 20.5 Å². The fraction of sp³-hybridized carbons (Fsp3) is 0.412. The second-order valence-electron chi connectivity index (χ2n) is 5.57. The van der Waals surface area contributed by atoms with Gasteiger partial charge in [0.25, 0.3) is 5.91 Å². The molecule has 0 unspecified atom stereocenters. The van der Waals surface area contributed by atoms with Crippen LogP contribution in [0.4, 0.5) is 5.82 Å². The van der Waals surface area contributed by atoms with Gasteiger partial charge in [0, 0.05) is 32.4 Å². The molecule has 0 radical (unpaired) electrons. The van der Waals surface area contributed by atoms with Gasteiger partial charge < -0.3 is 19.8 Å². The third-order valence-electron chi connectivity index (χ3n) is 3.87. The molecule has 0 spiro atoms. The second kappa shape index (κ2) is 8.47. The smallest absolute Gasteiger partial charge is 0.252 e. The number of anilines is 1. The molecule has 3 heterocycles. The first kappa shape index (κ1) is 16.5. The Kier molecular flexibility index (Phi) is 5.81. The van der Waals surface area contributed by atoms with Crippen LogP contribution in [0, 0.1) is 0 Å². The van der Waals surface area contributed by atoms with Gasteiger partial charge in [0.15, 0.2) is 0 Å². The summed E-state index contributed by atoms with van der Waals surface area (Å²) in [4.78, 5) is 18.7. The van der Waals surface area contributed by atoms with Gasteiger partial charge in [-0.25, -0.2) is 4.98 Å². The first-order chi connectivity index (χ1) is 11.8. The molecule has 1 saturated heterocycles. The van der Waals surface area contributed by atoms with Crippen LogP contribution < -0.4 is 10.6 Å². The van der Waals surface area contributed by atoms with Gasteiger partial charge in [-0.05, 0) is 24.3 Å². The lowest BCUT2D eigenvalue weighted by Gasteiger charge is -2.26. The van der Waals surface area contributed by atoms with Crippen LogP contribution in [0.15, 0.2) is 41.1 Å². The molecule has 0 aliphatic carbocycles. The average molecular weight is 330 g/mol. The van der Waals surface area contributed by atoms with Crippen molar-refractivity contribution < 1.29 is 13.9 Å². The molecule has 0 aromatic carbocycles. The normalized spacial score (nSPS) is 15.2. The van der Waals surface area contributed by atoms with E-state index in [0.717, 1.165) is 38.6 Å². The molecule has 0 bridgehead atoms. The number of carbonyl (C=O) groups excluding carboxylic acids is 1. The number of furan rings is 1. The SMILES string of the molecule is O=C(NCCN1CCOCC1)c1ccc(NCc2ccco2)nc1. The predicted octanol–water partition coefficient (Wildman–Crippen LogP) is 1.35. The number of nitrogens with one attached hydrogen (secondary N) is 2. The van der Waals surface area contributed by atoms with Gasteiger partial charge in [-0.3, -0.25) is 9.69 Å². The van der Waals surface area contributed by atoms with Crippen LogP contribution in [0.2, 0.25) is 0 Å². The fourth-order valence-corrected chi connectivity index (χ4v) is 2.48. The van der Waals surface area contributed by atoms with E-state index in [-0.39, 0.29) is 5.91 Å². The quantitative estimate of drug-likeness (QED) is 0.798. The minimum Gasteiger partial charge on any atom is -0.467 e. The third-order valence-corrected chi connectivity index (χ3v) is 3.87. The largest absolute Gasteiger partial charge is 0.467 e. The van der Waals surface area contributed by atoms with Gasteiger partial charge in [0.2, 0.25) is 0 Å². The minimum absolute atomic E-state index is 0.103. The summed E-state index contributed by atoms with van der Waals surface area (Å²) in [6, 6.07) is 7.29. The summed E-state index contributed by atoms with van der Waals surface area (Å²) in [6.07, 6.45) is 3.21. The standard InChI is InChI=1S/C17H22N4O3/c22-17(18-5-6-21-7-10-23-11-8-21)14-3-4-16(19-12-14)20-13-15-2-1-9-24-15/h1-4,9,12H,5-8,10-11,13H2,(H,18,22)(H,19,20). The highest BCUT2D eigenvalue weighted by atomic mass is 16.5. The number of rotatable bonds is 7. The number of nitrogens with zero attached hydrogens (tertiary/aromatic N) is 2. The third kappa shape index (κ3) is 4.81. The molecule has 128 valence electrons. The maximum Gasteiger partial charge on any atom is 0.252 e. The Morgan fingerprint density at radius 3 is 2.83 bits per heavy atom. The summed E-state index contributed by atoms with van der Waals surface area (Å²) in [6.45, 7) is 5.41. The molecule has 24 heavy (non-hydrogen) atoms. The number of ether oxygens (including phenoxy) is 1. The van der Waals surface area contributed by atoms with Crippen molar-refractivity contribution in [3.8, 4) is 0 Å². The van der Waals surface area contributed by atoms with Crippen molar-refractivity contribution >= 4 is 11.7 Å². The van der Waals surface area contributed by atoms with Gasteiger partial charge in [-0.15, -0.1) is 0 Å². The second-order valence-corrected chi connectivity index (χ2v) is 5.57. The number of morpholine rings is 1. The number of hydrogen-bond acceptors (Lipinski definition) is 6. The van der Waals surface area contributed by atoms with Gasteiger partial charge in [-0.1, -0.05) is 0 Å². The topological polar surface area (TPSA) is 79.6 Å². The number of carbonyl (C=O) groups is 1. The fourth-order valence-electron chi connectivity index (χ4n) is 2.48. The number of amides is 1. The molecule has 1 fully saturated rings. The minimum atomic E-state index is -0.103. The zero-order valence-electron chi connectivity index (χ0n) is 13.5. The highest BCUT2D eigenvalue weighted by Gasteiger charge is 2.11. The first-order valence-corrected chi connectivity index (χ1v) is 8.12. The molecule has 1 amide bonds. The van der Waals surface area contributed by atoms with Crippen molar-refractivity contribution in [2.45, 2.75) is 6.54 Å². The summed E-state index contributed by atoms with van der Waals surface area (Å²) >= 11 is 0. The molecule has 7 heteroatoms. The van der Waals surface area contributed by atoms with E-state index in [1.807, 2.05) is 12.1 Å². The lowest BCUT2D eigenvalue weighted by molar-refractivity contribution is 0.0383. The molecule has 2 N–H and O–H groups in total. The van der Waals surface area contributed by atoms with Gasteiger partial charge in [-0.2, -0.15) is 0 Å². The number of pyridine rings is 1. The van der Waals surface area contributed by atoms with Gasteiger partial charge >= 0.3 is 0 Å². The Morgan fingerprint density at radius 1 is 1.25 bits per heavy atom. The van der Waals surface area contributed by atoms with Crippen molar-refractivity contribution in [2.24, 2.45) is 0 Å². The maximum absolute atomic E-state index is 12.1. The Labute approximate surface area is 141 Å². The lowest BCUT2D eigenvalue weighted by atomic mass is 10.2. The Bertz CT molecular complexity index is 622. The van der Waals surface area contributed by atoms with Crippen molar-refractivity contribution in [1.29, 1.82) is 0 Å². The molecule has 0 saturated carbocycles. The van der Waals surface area contributed by atoms with Crippen LogP contribution in [-0.4, -0.2) is 55.2 Å². The summed E-state index contributed by atoms with van der Waals surface area (Å²) in [5, 5.41) is 6.07. The van der Waals surface area contributed by atoms with Crippen molar-refractivity contribution in [3.63, 3.8) is 0 Å². The lowest BCUT2D eigenvalue weighted by Crippen LogP contribution is -2.41.